The molecule has 0 saturated carbocycles. The van der Waals surface area contributed by atoms with Gasteiger partial charge in [0, 0.05) is 49.1 Å². The molecule has 0 aliphatic heterocycles. The van der Waals surface area contributed by atoms with E-state index in [1.165, 1.54) is 0 Å². The number of fused-ring (bicyclic) bond motifs is 1. The second-order valence-corrected chi connectivity index (χ2v) is 7.65. The number of rotatable bonds is 7. The Labute approximate surface area is 186 Å². The molecule has 8 heteroatoms. The zero-order chi connectivity index (χ0) is 22.7. The fourth-order valence-corrected chi connectivity index (χ4v) is 3.71. The number of carbonyl (C=O) groups excluding carboxylic acids is 1. The van der Waals surface area contributed by atoms with Crippen molar-refractivity contribution < 1.29 is 9.53 Å². The van der Waals surface area contributed by atoms with Crippen LogP contribution in [0.15, 0.2) is 55.0 Å². The Morgan fingerprint density at radius 2 is 2.00 bits per heavy atom. The van der Waals surface area contributed by atoms with Crippen LogP contribution in [-0.4, -0.2) is 46.4 Å². The zero-order valence-corrected chi connectivity index (χ0v) is 18.6. The Bertz CT molecular complexity index is 1270. The molecule has 1 amide bonds. The second-order valence-electron chi connectivity index (χ2n) is 7.65. The van der Waals surface area contributed by atoms with Crippen LogP contribution in [0.5, 0.6) is 5.75 Å². The third kappa shape index (κ3) is 4.25. The molecule has 0 bridgehead atoms. The van der Waals surface area contributed by atoms with E-state index in [2.05, 4.69) is 38.7 Å². The summed E-state index contributed by atoms with van der Waals surface area (Å²) < 4.78 is 7.38. The van der Waals surface area contributed by atoms with Gasteiger partial charge in [0.25, 0.3) is 5.91 Å². The van der Waals surface area contributed by atoms with Gasteiger partial charge < -0.3 is 15.4 Å². The molecule has 0 saturated heterocycles. The van der Waals surface area contributed by atoms with E-state index >= 15 is 0 Å². The molecule has 2 N–H and O–H groups in total. The highest BCUT2D eigenvalue weighted by molar-refractivity contribution is 5.94. The summed E-state index contributed by atoms with van der Waals surface area (Å²) >= 11 is 0. The number of benzene rings is 2. The molecule has 2 heterocycles. The molecule has 4 rings (SSSR count). The molecule has 0 aliphatic carbocycles. The molecule has 1 unspecified atom stereocenters. The first-order valence-electron chi connectivity index (χ1n) is 10.4. The number of ether oxygens (including phenoxy) is 1. The number of hydrogen-bond donors (Lipinski definition) is 2. The standard InChI is InChI=1S/C24H26N6O2/c1-15(19-7-5-17(24(31)25-2)10-22(19)32-4)12-26-23-11-20(27-14-28-23)16-6-8-21-18(9-16)13-29-30(21)3/h5-11,13-15H,12H2,1-4H3,(H,25,31)(H,26,27,28). The third-order valence-electron chi connectivity index (χ3n) is 5.55. The molecule has 0 spiro atoms. The average molecular weight is 431 g/mol. The molecule has 4 aromatic rings. The number of carbonyl (C=O) groups is 1. The molecule has 2 aromatic heterocycles. The highest BCUT2D eigenvalue weighted by Crippen LogP contribution is 2.29. The predicted molar refractivity (Wildman–Crippen MR) is 125 cm³/mol. The minimum atomic E-state index is -0.140. The Hall–Kier alpha value is -3.94. The van der Waals surface area contributed by atoms with Crippen molar-refractivity contribution in [2.75, 3.05) is 26.0 Å². The van der Waals surface area contributed by atoms with Crippen LogP contribution in [0.2, 0.25) is 0 Å². The number of hydrogen-bond acceptors (Lipinski definition) is 6. The number of anilines is 1. The topological polar surface area (TPSA) is 94.0 Å². The van der Waals surface area contributed by atoms with Crippen LogP contribution < -0.4 is 15.4 Å². The number of aromatic nitrogens is 4. The third-order valence-corrected chi connectivity index (χ3v) is 5.55. The normalized spacial score (nSPS) is 11.9. The van der Waals surface area contributed by atoms with Crippen molar-refractivity contribution in [1.82, 2.24) is 25.1 Å². The average Bonchev–Trinajstić information content (AvgIpc) is 3.21. The lowest BCUT2D eigenvalue weighted by atomic mass is 9.98. The van der Waals surface area contributed by atoms with E-state index in [4.69, 9.17) is 4.74 Å². The van der Waals surface area contributed by atoms with Gasteiger partial charge >= 0.3 is 0 Å². The lowest BCUT2D eigenvalue weighted by Gasteiger charge is -2.17. The number of methoxy groups -OCH3 is 1. The maximum absolute atomic E-state index is 11.9. The largest absolute Gasteiger partial charge is 0.496 e. The number of amides is 1. The van der Waals surface area contributed by atoms with Gasteiger partial charge in [0.15, 0.2) is 0 Å². The van der Waals surface area contributed by atoms with Crippen molar-refractivity contribution in [3.05, 3.63) is 66.1 Å². The van der Waals surface area contributed by atoms with E-state index in [1.807, 2.05) is 48.3 Å². The SMILES string of the molecule is CNC(=O)c1ccc(C(C)CNc2cc(-c3ccc4c(cnn4C)c3)ncn2)c(OC)c1. The van der Waals surface area contributed by atoms with Crippen LogP contribution in [0, 0.1) is 0 Å². The maximum Gasteiger partial charge on any atom is 0.251 e. The summed E-state index contributed by atoms with van der Waals surface area (Å²) in [6.07, 6.45) is 3.41. The molecular formula is C24H26N6O2. The Balaban J connectivity index is 1.50. The van der Waals surface area contributed by atoms with E-state index in [1.54, 1.807) is 26.6 Å². The zero-order valence-electron chi connectivity index (χ0n) is 18.6. The van der Waals surface area contributed by atoms with E-state index in [-0.39, 0.29) is 11.8 Å². The summed E-state index contributed by atoms with van der Waals surface area (Å²) in [6.45, 7) is 2.75. The summed E-state index contributed by atoms with van der Waals surface area (Å²) in [5.41, 5.74) is 4.51. The molecule has 8 nitrogen and oxygen atoms in total. The van der Waals surface area contributed by atoms with Crippen molar-refractivity contribution in [1.29, 1.82) is 0 Å². The van der Waals surface area contributed by atoms with Crippen LogP contribution in [0.3, 0.4) is 0 Å². The number of nitrogens with one attached hydrogen (secondary N) is 2. The molecular weight excluding hydrogens is 404 g/mol. The minimum Gasteiger partial charge on any atom is -0.496 e. The monoisotopic (exact) mass is 430 g/mol. The lowest BCUT2D eigenvalue weighted by Crippen LogP contribution is -2.18. The van der Waals surface area contributed by atoms with Crippen molar-refractivity contribution in [2.45, 2.75) is 12.8 Å². The highest BCUT2D eigenvalue weighted by Gasteiger charge is 2.15. The molecule has 164 valence electrons. The summed E-state index contributed by atoms with van der Waals surface area (Å²) in [5.74, 6) is 1.43. The van der Waals surface area contributed by atoms with E-state index in [0.29, 0.717) is 17.9 Å². The molecule has 0 aliphatic rings. The van der Waals surface area contributed by atoms with E-state index < -0.39 is 0 Å². The predicted octanol–water partition coefficient (Wildman–Crippen LogP) is 3.61. The lowest BCUT2D eigenvalue weighted by molar-refractivity contribution is 0.0962. The highest BCUT2D eigenvalue weighted by atomic mass is 16.5. The molecule has 32 heavy (non-hydrogen) atoms. The number of aryl methyl sites for hydroxylation is 1. The number of nitrogens with zero attached hydrogens (tertiary/aromatic N) is 4. The quantitative estimate of drug-likeness (QED) is 0.465. The Morgan fingerprint density at radius 3 is 2.78 bits per heavy atom. The van der Waals surface area contributed by atoms with Crippen molar-refractivity contribution in [3.63, 3.8) is 0 Å². The molecule has 1 atom stereocenters. The van der Waals surface area contributed by atoms with Gasteiger partial charge in [-0.15, -0.1) is 0 Å². The molecule has 0 fully saturated rings. The summed E-state index contributed by atoms with van der Waals surface area (Å²) in [5, 5.41) is 11.4. The smallest absolute Gasteiger partial charge is 0.251 e. The van der Waals surface area contributed by atoms with Crippen LogP contribution in [0.25, 0.3) is 22.2 Å². The second kappa shape index (κ2) is 9.05. The van der Waals surface area contributed by atoms with Gasteiger partial charge in [-0.05, 0) is 29.8 Å². The van der Waals surface area contributed by atoms with Gasteiger partial charge in [-0.1, -0.05) is 19.1 Å². The van der Waals surface area contributed by atoms with Gasteiger partial charge in [0.2, 0.25) is 0 Å². The van der Waals surface area contributed by atoms with Crippen LogP contribution in [-0.2, 0) is 7.05 Å². The van der Waals surface area contributed by atoms with Gasteiger partial charge in [-0.3, -0.25) is 9.48 Å². The van der Waals surface area contributed by atoms with Crippen molar-refractivity contribution in [2.24, 2.45) is 7.05 Å². The summed E-state index contributed by atoms with van der Waals surface area (Å²) in [7, 11) is 5.15. The van der Waals surface area contributed by atoms with Gasteiger partial charge in [0.05, 0.1) is 24.5 Å². The van der Waals surface area contributed by atoms with Crippen molar-refractivity contribution >= 4 is 22.6 Å². The maximum atomic E-state index is 11.9. The Morgan fingerprint density at radius 1 is 1.16 bits per heavy atom. The fraction of sp³-hybridized carbons (Fsp3) is 0.250. The molecule has 0 radical (unpaired) electrons. The first-order valence-corrected chi connectivity index (χ1v) is 10.4. The first kappa shape index (κ1) is 21.3. The fourth-order valence-electron chi connectivity index (χ4n) is 3.71. The van der Waals surface area contributed by atoms with Crippen LogP contribution >= 0.6 is 0 Å². The molecule has 2 aromatic carbocycles. The summed E-state index contributed by atoms with van der Waals surface area (Å²) in [6, 6.07) is 13.6. The van der Waals surface area contributed by atoms with Crippen LogP contribution in [0.4, 0.5) is 5.82 Å². The van der Waals surface area contributed by atoms with E-state index in [0.717, 1.165) is 33.5 Å². The van der Waals surface area contributed by atoms with Gasteiger partial charge in [-0.25, -0.2) is 9.97 Å². The van der Waals surface area contributed by atoms with Gasteiger partial charge in [0.1, 0.15) is 17.9 Å². The summed E-state index contributed by atoms with van der Waals surface area (Å²) in [4.78, 5) is 20.7. The first-order chi connectivity index (χ1) is 15.5. The van der Waals surface area contributed by atoms with E-state index in [9.17, 15) is 4.79 Å². The Kier molecular flexibility index (Phi) is 6.02. The van der Waals surface area contributed by atoms with Crippen molar-refractivity contribution in [3.8, 4) is 17.0 Å². The van der Waals surface area contributed by atoms with Crippen LogP contribution in [0.1, 0.15) is 28.8 Å². The minimum absolute atomic E-state index is 0.133. The van der Waals surface area contributed by atoms with Gasteiger partial charge in [-0.2, -0.15) is 5.10 Å².